The first-order chi connectivity index (χ1) is 20.7. The minimum Gasteiger partial charge on any atom is -0.493 e. The SMILES string of the molecule is CCOC(=O)C1=C(c2ccccc2)N=c2s/c(=C\c3ccc(OC(C)C)c(Br)c3)c(=O)n2[C@H]1c1ccc(OC)c(OC)c1. The smallest absolute Gasteiger partial charge is 0.338 e. The number of rotatable bonds is 9. The Morgan fingerprint density at radius 3 is 2.40 bits per heavy atom. The van der Waals surface area contributed by atoms with E-state index in [1.165, 1.54) is 11.3 Å². The first kappa shape index (κ1) is 30.3. The number of carbonyl (C=O) groups excluding carboxylic acids is 1. The van der Waals surface area contributed by atoms with Crippen LogP contribution in [-0.2, 0) is 9.53 Å². The standard InChI is InChI=1S/C33H31BrN2O6S/c1-6-41-32(38)28-29(21-10-8-7-9-11-21)35-33-36(30(28)22-13-15-25(39-4)26(18-22)40-5)31(37)27(43-33)17-20-12-14-24(23(34)16-20)42-19(2)3/h7-19,30H,6H2,1-5H3/b27-17-/t30-/m0/s1. The quantitative estimate of drug-likeness (QED) is 0.220. The molecule has 1 atom stereocenters. The van der Waals surface area contributed by atoms with Crippen molar-refractivity contribution in [3.05, 3.63) is 113 Å². The lowest BCUT2D eigenvalue weighted by molar-refractivity contribution is -0.138. The normalized spacial score (nSPS) is 14.8. The monoisotopic (exact) mass is 662 g/mol. The van der Waals surface area contributed by atoms with Gasteiger partial charge in [0.2, 0.25) is 0 Å². The first-order valence-corrected chi connectivity index (χ1v) is 15.3. The molecule has 8 nitrogen and oxygen atoms in total. The van der Waals surface area contributed by atoms with Crippen molar-refractivity contribution in [2.24, 2.45) is 4.99 Å². The summed E-state index contributed by atoms with van der Waals surface area (Å²) in [5, 5.41) is 0. The van der Waals surface area contributed by atoms with Gasteiger partial charge in [-0.15, -0.1) is 0 Å². The van der Waals surface area contributed by atoms with Gasteiger partial charge in [-0.3, -0.25) is 9.36 Å². The molecule has 0 unspecified atom stereocenters. The maximum absolute atomic E-state index is 14.2. The average Bonchev–Trinajstić information content (AvgIpc) is 3.31. The molecular formula is C33H31BrN2O6S. The van der Waals surface area contributed by atoms with Crippen LogP contribution >= 0.6 is 27.3 Å². The Hall–Kier alpha value is -4.15. The zero-order valence-electron chi connectivity index (χ0n) is 24.4. The summed E-state index contributed by atoms with van der Waals surface area (Å²) in [4.78, 5) is 33.2. The fraction of sp³-hybridized carbons (Fsp3) is 0.242. The predicted octanol–water partition coefficient (Wildman–Crippen LogP) is 5.50. The molecule has 1 aliphatic heterocycles. The van der Waals surface area contributed by atoms with E-state index in [-0.39, 0.29) is 23.8 Å². The van der Waals surface area contributed by atoms with E-state index in [1.807, 2.05) is 74.5 Å². The fourth-order valence-corrected chi connectivity index (χ4v) is 6.38. The van der Waals surface area contributed by atoms with Crippen molar-refractivity contribution >= 4 is 45.0 Å². The number of ether oxygens (including phenoxy) is 4. The summed E-state index contributed by atoms with van der Waals surface area (Å²) in [6.45, 7) is 5.84. The van der Waals surface area contributed by atoms with Crippen LogP contribution in [0.2, 0.25) is 0 Å². The zero-order valence-corrected chi connectivity index (χ0v) is 26.8. The van der Waals surface area contributed by atoms with Crippen molar-refractivity contribution < 1.29 is 23.7 Å². The number of fused-ring (bicyclic) bond motifs is 1. The number of benzene rings is 3. The molecule has 2 heterocycles. The lowest BCUT2D eigenvalue weighted by Gasteiger charge is -2.26. The number of nitrogens with zero attached hydrogens (tertiary/aromatic N) is 2. The zero-order chi connectivity index (χ0) is 30.7. The van der Waals surface area contributed by atoms with Crippen molar-refractivity contribution in [3.8, 4) is 17.2 Å². The number of aromatic nitrogens is 1. The van der Waals surface area contributed by atoms with Gasteiger partial charge in [0.25, 0.3) is 5.56 Å². The van der Waals surface area contributed by atoms with Gasteiger partial charge < -0.3 is 18.9 Å². The van der Waals surface area contributed by atoms with Gasteiger partial charge in [-0.2, -0.15) is 0 Å². The number of methoxy groups -OCH3 is 2. The molecule has 0 amide bonds. The van der Waals surface area contributed by atoms with Crippen LogP contribution in [0.15, 0.2) is 86.6 Å². The number of hydrogen-bond acceptors (Lipinski definition) is 8. The fourth-order valence-electron chi connectivity index (χ4n) is 4.89. The van der Waals surface area contributed by atoms with E-state index in [4.69, 9.17) is 23.9 Å². The molecule has 0 N–H and O–H groups in total. The Balaban J connectivity index is 1.78. The second-order valence-corrected chi connectivity index (χ2v) is 11.8. The van der Waals surface area contributed by atoms with Crippen LogP contribution in [0.4, 0.5) is 0 Å². The largest absolute Gasteiger partial charge is 0.493 e. The summed E-state index contributed by atoms with van der Waals surface area (Å²) in [5.41, 5.74) is 2.62. The molecule has 4 aromatic rings. The summed E-state index contributed by atoms with van der Waals surface area (Å²) in [6, 6.07) is 19.6. The highest BCUT2D eigenvalue weighted by atomic mass is 79.9. The summed E-state index contributed by atoms with van der Waals surface area (Å²) in [7, 11) is 3.10. The molecule has 10 heteroatoms. The highest BCUT2D eigenvalue weighted by Gasteiger charge is 2.35. The van der Waals surface area contributed by atoms with Crippen molar-refractivity contribution in [1.29, 1.82) is 0 Å². The van der Waals surface area contributed by atoms with E-state index >= 15 is 0 Å². The number of esters is 1. The maximum atomic E-state index is 14.2. The van der Waals surface area contributed by atoms with Gasteiger partial charge in [-0.05, 0) is 78.2 Å². The summed E-state index contributed by atoms with van der Waals surface area (Å²) < 4.78 is 25.2. The Labute approximate surface area is 261 Å². The van der Waals surface area contributed by atoms with E-state index in [2.05, 4.69) is 15.9 Å². The van der Waals surface area contributed by atoms with Gasteiger partial charge in [0.05, 0.1) is 53.2 Å². The summed E-state index contributed by atoms with van der Waals surface area (Å²) >= 11 is 4.84. The van der Waals surface area contributed by atoms with Crippen LogP contribution in [0.3, 0.4) is 0 Å². The van der Waals surface area contributed by atoms with Crippen LogP contribution in [0.1, 0.15) is 43.5 Å². The summed E-state index contributed by atoms with van der Waals surface area (Å²) in [6.07, 6.45) is 1.84. The molecule has 5 rings (SSSR count). The topological polar surface area (TPSA) is 88.4 Å². The third-order valence-corrected chi connectivity index (χ3v) is 8.32. The van der Waals surface area contributed by atoms with Gasteiger partial charge in [-0.25, -0.2) is 9.79 Å². The lowest BCUT2D eigenvalue weighted by Crippen LogP contribution is -2.40. The molecule has 0 spiro atoms. The van der Waals surface area contributed by atoms with Crippen molar-refractivity contribution in [2.75, 3.05) is 20.8 Å². The van der Waals surface area contributed by atoms with E-state index < -0.39 is 12.0 Å². The van der Waals surface area contributed by atoms with Gasteiger partial charge in [0, 0.05) is 5.56 Å². The molecule has 0 bridgehead atoms. The molecule has 43 heavy (non-hydrogen) atoms. The van der Waals surface area contributed by atoms with Gasteiger partial charge in [0.15, 0.2) is 16.3 Å². The van der Waals surface area contributed by atoms with Crippen molar-refractivity contribution in [1.82, 2.24) is 4.57 Å². The molecule has 0 fully saturated rings. The highest BCUT2D eigenvalue weighted by molar-refractivity contribution is 9.10. The van der Waals surface area contributed by atoms with E-state index in [0.717, 1.165) is 15.6 Å². The number of halogens is 1. The third-order valence-electron chi connectivity index (χ3n) is 6.71. The molecule has 0 aliphatic carbocycles. The Morgan fingerprint density at radius 1 is 1.02 bits per heavy atom. The number of hydrogen-bond donors (Lipinski definition) is 0. The number of carbonyl (C=O) groups is 1. The lowest BCUT2D eigenvalue weighted by atomic mass is 9.93. The molecule has 0 saturated heterocycles. The third kappa shape index (κ3) is 6.16. The van der Waals surface area contributed by atoms with Crippen LogP contribution < -0.4 is 29.1 Å². The number of thiazole rings is 1. The van der Waals surface area contributed by atoms with Crippen LogP contribution in [0.25, 0.3) is 11.8 Å². The van der Waals surface area contributed by atoms with E-state index in [1.54, 1.807) is 37.8 Å². The van der Waals surface area contributed by atoms with Crippen LogP contribution in [0, 0.1) is 0 Å². The van der Waals surface area contributed by atoms with Gasteiger partial charge in [0.1, 0.15) is 5.75 Å². The maximum Gasteiger partial charge on any atom is 0.338 e. The Morgan fingerprint density at radius 2 is 1.74 bits per heavy atom. The molecular weight excluding hydrogens is 632 g/mol. The van der Waals surface area contributed by atoms with Crippen LogP contribution in [0.5, 0.6) is 17.2 Å². The Bertz CT molecular complexity index is 1880. The highest BCUT2D eigenvalue weighted by Crippen LogP contribution is 2.38. The Kier molecular flexibility index (Phi) is 9.17. The molecule has 1 aromatic heterocycles. The summed E-state index contributed by atoms with van der Waals surface area (Å²) in [5.74, 6) is 1.16. The molecule has 0 radical (unpaired) electrons. The molecule has 0 saturated carbocycles. The minimum atomic E-state index is -0.832. The van der Waals surface area contributed by atoms with Crippen molar-refractivity contribution in [3.63, 3.8) is 0 Å². The van der Waals surface area contributed by atoms with E-state index in [9.17, 15) is 9.59 Å². The first-order valence-electron chi connectivity index (χ1n) is 13.7. The molecule has 222 valence electrons. The van der Waals surface area contributed by atoms with Crippen LogP contribution in [-0.4, -0.2) is 37.5 Å². The van der Waals surface area contributed by atoms with Crippen molar-refractivity contribution in [2.45, 2.75) is 32.9 Å². The second kappa shape index (κ2) is 13.0. The van der Waals surface area contributed by atoms with Gasteiger partial charge in [-0.1, -0.05) is 53.8 Å². The minimum absolute atomic E-state index is 0.0230. The van der Waals surface area contributed by atoms with E-state index in [0.29, 0.717) is 37.8 Å². The molecule has 3 aromatic carbocycles. The average molecular weight is 664 g/mol. The second-order valence-electron chi connectivity index (χ2n) is 9.90. The molecule has 1 aliphatic rings. The van der Waals surface area contributed by atoms with Gasteiger partial charge >= 0.3 is 5.97 Å². The predicted molar refractivity (Wildman–Crippen MR) is 171 cm³/mol.